The van der Waals surface area contributed by atoms with Crippen LogP contribution >= 0.6 is 23.2 Å². The van der Waals surface area contributed by atoms with Crippen molar-refractivity contribution in [1.29, 1.82) is 0 Å². The van der Waals surface area contributed by atoms with Crippen LogP contribution in [0.1, 0.15) is 18.3 Å². The first-order valence-corrected chi connectivity index (χ1v) is 7.60. The number of anilines is 1. The fourth-order valence-electron chi connectivity index (χ4n) is 1.82. The number of benzene rings is 1. The van der Waals surface area contributed by atoms with Crippen molar-refractivity contribution in [1.82, 2.24) is 15.4 Å². The molecule has 0 spiro atoms. The lowest BCUT2D eigenvalue weighted by Gasteiger charge is -2.16. The van der Waals surface area contributed by atoms with Gasteiger partial charge in [-0.25, -0.2) is 9.97 Å². The molecule has 0 aliphatic carbocycles. The quantitative estimate of drug-likeness (QED) is 0.805. The maximum atomic E-state index is 12.0. The smallest absolute Gasteiger partial charge is 0.279 e. The molecule has 0 unspecified atom stereocenters. The van der Waals surface area contributed by atoms with Crippen molar-refractivity contribution in [3.05, 3.63) is 45.7 Å². The van der Waals surface area contributed by atoms with Crippen LogP contribution in [0.3, 0.4) is 0 Å². The topological polar surface area (TPSA) is 76.1 Å². The average molecular weight is 355 g/mol. The van der Waals surface area contributed by atoms with Crippen molar-refractivity contribution in [2.45, 2.75) is 26.9 Å². The molecule has 0 aliphatic rings. The molecule has 6 nitrogen and oxygen atoms in total. The van der Waals surface area contributed by atoms with Crippen molar-refractivity contribution < 1.29 is 9.53 Å². The highest BCUT2D eigenvalue weighted by Gasteiger charge is 2.16. The van der Waals surface area contributed by atoms with Crippen molar-refractivity contribution in [3.63, 3.8) is 0 Å². The molecule has 2 aromatic rings. The summed E-state index contributed by atoms with van der Waals surface area (Å²) in [5, 5.41) is 0.829. The van der Waals surface area contributed by atoms with Gasteiger partial charge in [-0.3, -0.25) is 15.6 Å². The summed E-state index contributed by atoms with van der Waals surface area (Å²) in [5.41, 5.74) is 6.75. The van der Waals surface area contributed by atoms with E-state index in [0.717, 1.165) is 11.4 Å². The third-order valence-corrected chi connectivity index (χ3v) is 3.38. The normalized spacial score (nSPS) is 11.7. The average Bonchev–Trinajstić information content (AvgIpc) is 2.46. The van der Waals surface area contributed by atoms with Gasteiger partial charge in [0.15, 0.2) is 6.10 Å². The van der Waals surface area contributed by atoms with Crippen molar-refractivity contribution in [2.75, 3.05) is 5.43 Å². The van der Waals surface area contributed by atoms with Gasteiger partial charge in [0.2, 0.25) is 5.95 Å². The third-order valence-electron chi connectivity index (χ3n) is 2.85. The predicted octanol–water partition coefficient (Wildman–Crippen LogP) is 3.31. The maximum absolute atomic E-state index is 12.0. The van der Waals surface area contributed by atoms with Gasteiger partial charge in [-0.2, -0.15) is 0 Å². The number of hydrazine groups is 1. The summed E-state index contributed by atoms with van der Waals surface area (Å²) in [6.45, 7) is 5.29. The van der Waals surface area contributed by atoms with Crippen LogP contribution in [0.5, 0.6) is 5.75 Å². The highest BCUT2D eigenvalue weighted by atomic mass is 35.5. The van der Waals surface area contributed by atoms with Crippen LogP contribution in [-0.2, 0) is 4.79 Å². The van der Waals surface area contributed by atoms with Gasteiger partial charge in [0.1, 0.15) is 5.75 Å². The van der Waals surface area contributed by atoms with E-state index in [9.17, 15) is 4.79 Å². The van der Waals surface area contributed by atoms with Crippen LogP contribution in [0.4, 0.5) is 5.95 Å². The fraction of sp³-hybridized carbons (Fsp3) is 0.267. The summed E-state index contributed by atoms with van der Waals surface area (Å²) < 4.78 is 5.51. The van der Waals surface area contributed by atoms with Gasteiger partial charge in [-0.05, 0) is 45.0 Å². The molecule has 23 heavy (non-hydrogen) atoms. The maximum Gasteiger partial charge on any atom is 0.279 e. The number of amides is 1. The molecule has 1 heterocycles. The molecule has 0 radical (unpaired) electrons. The molecule has 2 rings (SSSR count). The van der Waals surface area contributed by atoms with Crippen LogP contribution in [0, 0.1) is 13.8 Å². The number of carbonyl (C=O) groups excluding carboxylic acids is 1. The molecule has 0 aliphatic heterocycles. The van der Waals surface area contributed by atoms with E-state index in [4.69, 9.17) is 27.9 Å². The number of hydrogen-bond donors (Lipinski definition) is 2. The first-order valence-electron chi connectivity index (χ1n) is 6.85. The van der Waals surface area contributed by atoms with Crippen LogP contribution < -0.4 is 15.6 Å². The fourth-order valence-corrected chi connectivity index (χ4v) is 2.27. The molecule has 1 atom stereocenters. The Balaban J connectivity index is 1.94. The highest BCUT2D eigenvalue weighted by Crippen LogP contribution is 2.28. The summed E-state index contributed by atoms with van der Waals surface area (Å²) in [7, 11) is 0. The van der Waals surface area contributed by atoms with E-state index in [2.05, 4.69) is 20.8 Å². The Bertz CT molecular complexity index is 704. The number of ether oxygens (including phenoxy) is 1. The molecular formula is C15H16Cl2N4O2. The second kappa shape index (κ2) is 7.48. The second-order valence-electron chi connectivity index (χ2n) is 4.92. The predicted molar refractivity (Wildman–Crippen MR) is 89.8 cm³/mol. The minimum Gasteiger partial charge on any atom is -0.479 e. The van der Waals surface area contributed by atoms with Crippen molar-refractivity contribution in [2.24, 2.45) is 0 Å². The Morgan fingerprint density at radius 1 is 1.17 bits per heavy atom. The molecule has 0 saturated carbocycles. The standard InChI is InChI=1S/C15H16Cl2N4O2/c1-8-6-9(2)19-15(18-8)21-20-14(22)10(3)23-13-5-4-11(16)7-12(13)17/h4-7,10H,1-3H3,(H,20,22)(H,18,19,21)/t10-/m1/s1. The number of nitrogens with one attached hydrogen (secondary N) is 2. The van der Waals surface area contributed by atoms with E-state index in [1.54, 1.807) is 25.1 Å². The summed E-state index contributed by atoms with van der Waals surface area (Å²) in [5.74, 6) is 0.299. The molecule has 2 N–H and O–H groups in total. The summed E-state index contributed by atoms with van der Waals surface area (Å²) >= 11 is 11.8. The SMILES string of the molecule is Cc1cc(C)nc(NNC(=O)[C@@H](C)Oc2ccc(Cl)cc2Cl)n1. The van der Waals surface area contributed by atoms with E-state index >= 15 is 0 Å². The van der Waals surface area contributed by atoms with Gasteiger partial charge in [-0.15, -0.1) is 0 Å². The van der Waals surface area contributed by atoms with E-state index in [-0.39, 0.29) is 0 Å². The molecule has 0 bridgehead atoms. The van der Waals surface area contributed by atoms with Crippen molar-refractivity contribution >= 4 is 35.1 Å². The van der Waals surface area contributed by atoms with Crippen LogP contribution in [-0.4, -0.2) is 22.0 Å². The molecule has 122 valence electrons. The van der Waals surface area contributed by atoms with Crippen LogP contribution in [0.15, 0.2) is 24.3 Å². The van der Waals surface area contributed by atoms with Gasteiger partial charge in [-0.1, -0.05) is 23.2 Å². The summed E-state index contributed by atoms with van der Waals surface area (Å²) in [6.07, 6.45) is -0.771. The summed E-state index contributed by atoms with van der Waals surface area (Å²) in [4.78, 5) is 20.4. The number of nitrogens with zero attached hydrogens (tertiary/aromatic N) is 2. The minimum atomic E-state index is -0.771. The zero-order valence-corrected chi connectivity index (χ0v) is 14.4. The molecule has 1 amide bonds. The lowest BCUT2D eigenvalue weighted by Crippen LogP contribution is -2.40. The number of rotatable bonds is 5. The van der Waals surface area contributed by atoms with Crippen LogP contribution in [0.2, 0.25) is 10.0 Å². The second-order valence-corrected chi connectivity index (χ2v) is 5.77. The first kappa shape index (κ1) is 17.3. The molecule has 0 saturated heterocycles. The molecule has 1 aromatic heterocycles. The third kappa shape index (κ3) is 4.97. The molecule has 1 aromatic carbocycles. The Hall–Kier alpha value is -2.05. The van der Waals surface area contributed by atoms with Gasteiger partial charge >= 0.3 is 0 Å². The molecule has 0 fully saturated rings. The Kier molecular flexibility index (Phi) is 5.63. The van der Waals surface area contributed by atoms with E-state index in [0.29, 0.717) is 21.7 Å². The van der Waals surface area contributed by atoms with Gasteiger partial charge in [0, 0.05) is 16.4 Å². The Morgan fingerprint density at radius 2 is 1.83 bits per heavy atom. The van der Waals surface area contributed by atoms with Crippen molar-refractivity contribution in [3.8, 4) is 5.75 Å². The van der Waals surface area contributed by atoms with Gasteiger partial charge < -0.3 is 4.74 Å². The molecular weight excluding hydrogens is 339 g/mol. The lowest BCUT2D eigenvalue weighted by molar-refractivity contribution is -0.126. The Morgan fingerprint density at radius 3 is 2.43 bits per heavy atom. The summed E-state index contributed by atoms with van der Waals surface area (Å²) in [6, 6.07) is 6.62. The number of hydrogen-bond acceptors (Lipinski definition) is 5. The monoisotopic (exact) mass is 354 g/mol. The largest absolute Gasteiger partial charge is 0.479 e. The zero-order chi connectivity index (χ0) is 17.0. The highest BCUT2D eigenvalue weighted by molar-refractivity contribution is 6.35. The van der Waals surface area contributed by atoms with Gasteiger partial charge in [0.25, 0.3) is 5.91 Å². The first-order chi connectivity index (χ1) is 10.8. The number of aromatic nitrogens is 2. The van der Waals surface area contributed by atoms with E-state index < -0.39 is 12.0 Å². The number of aryl methyl sites for hydroxylation is 2. The minimum absolute atomic E-state index is 0.313. The zero-order valence-electron chi connectivity index (χ0n) is 12.9. The Labute approximate surface area is 144 Å². The van der Waals surface area contributed by atoms with Crippen LogP contribution in [0.25, 0.3) is 0 Å². The number of carbonyl (C=O) groups is 1. The van der Waals surface area contributed by atoms with E-state index in [1.165, 1.54) is 0 Å². The van der Waals surface area contributed by atoms with E-state index in [1.807, 2.05) is 19.9 Å². The van der Waals surface area contributed by atoms with Gasteiger partial charge in [0.05, 0.1) is 5.02 Å². The molecule has 8 heteroatoms. The lowest BCUT2D eigenvalue weighted by atomic mass is 10.3. The number of halogens is 2.